The molecule has 0 atom stereocenters. The quantitative estimate of drug-likeness (QED) is 0.299. The van der Waals surface area contributed by atoms with E-state index < -0.39 is 15.3 Å². The van der Waals surface area contributed by atoms with Crippen LogP contribution in [0.3, 0.4) is 0 Å². The molecule has 0 saturated heterocycles. The van der Waals surface area contributed by atoms with E-state index in [9.17, 15) is 0 Å². The second-order valence-electron chi connectivity index (χ2n) is 0.671. The third-order valence-corrected chi connectivity index (χ3v) is 0. The van der Waals surface area contributed by atoms with Gasteiger partial charge in [-0.05, 0) is 0 Å². The summed E-state index contributed by atoms with van der Waals surface area (Å²) < 4.78 is 0. The van der Waals surface area contributed by atoms with Crippen LogP contribution in [0.1, 0.15) is 0 Å². The Morgan fingerprint density at radius 3 is 0.571 bits per heavy atom. The van der Waals surface area contributed by atoms with E-state index in [2.05, 4.69) is 0 Å². The van der Waals surface area contributed by atoms with Crippen molar-refractivity contribution in [3.05, 3.63) is 46.0 Å². The second-order valence-corrected chi connectivity index (χ2v) is 0.671. The Bertz CT molecular complexity index is 118. The second kappa shape index (κ2) is 22.9. The molecule has 0 spiro atoms. The van der Waals surface area contributed by atoms with Gasteiger partial charge in [-0.1, -0.05) is 0 Å². The van der Waals surface area contributed by atoms with Crippen LogP contribution in [-0.2, 0) is 22.4 Å². The van der Waals surface area contributed by atoms with Crippen LogP contribution >= 0.6 is 0 Å². The molecule has 0 heterocycles. The maximum atomic E-state index is 8.25. The van der Waals surface area contributed by atoms with E-state index in [0.717, 1.165) is 0 Å². The van der Waals surface area contributed by atoms with Crippen molar-refractivity contribution in [3.63, 3.8) is 0 Å². The van der Waals surface area contributed by atoms with Crippen LogP contribution in [0.2, 0.25) is 0 Å². The number of nitrogens with zero attached hydrogens (tertiary/aromatic N) is 3. The van der Waals surface area contributed by atoms with Crippen molar-refractivity contribution in [3.8, 4) is 0 Å². The van der Waals surface area contributed by atoms with E-state index in [1.807, 2.05) is 0 Å². The molecule has 0 aliphatic heterocycles. The van der Waals surface area contributed by atoms with E-state index in [1.165, 1.54) is 0 Å². The minimum Gasteiger partial charge on any atom is -0.356 e. The van der Waals surface area contributed by atoms with Crippen LogP contribution in [0, 0.1) is 46.0 Å². The largest absolute Gasteiger partial charge is 2.00 e. The van der Waals surface area contributed by atoms with Gasteiger partial charge in [-0.15, -0.1) is 0 Å². The Labute approximate surface area is 120 Å². The first-order valence-corrected chi connectivity index (χ1v) is 1.64. The van der Waals surface area contributed by atoms with E-state index in [0.29, 0.717) is 0 Å². The van der Waals surface area contributed by atoms with E-state index in [-0.39, 0.29) is 60.1 Å². The zero-order valence-electron chi connectivity index (χ0n) is 6.02. The van der Waals surface area contributed by atoms with Crippen molar-refractivity contribution < 1.29 is 37.6 Å². The zero-order valence-corrected chi connectivity index (χ0v) is 9.72. The van der Waals surface area contributed by atoms with Gasteiger partial charge in [0, 0.05) is 0 Å². The van der Waals surface area contributed by atoms with Crippen molar-refractivity contribution in [1.29, 1.82) is 0 Å². The van der Waals surface area contributed by atoms with Gasteiger partial charge in [0.2, 0.25) is 0 Å². The van der Waals surface area contributed by atoms with Gasteiger partial charge in [0.1, 0.15) is 0 Å². The van der Waals surface area contributed by atoms with E-state index in [4.69, 9.17) is 46.0 Å². The average molecular weight is 334 g/mol. The van der Waals surface area contributed by atoms with Crippen LogP contribution in [0.25, 0.3) is 0 Å². The normalized spacial score (nSPS) is 5.14. The molecule has 0 N–H and O–H groups in total. The monoisotopic (exact) mass is 333 g/mol. The molecule has 0 aliphatic carbocycles. The van der Waals surface area contributed by atoms with E-state index >= 15 is 0 Å². The number of hydrogen-bond donors (Lipinski definition) is 0. The van der Waals surface area contributed by atoms with Crippen LogP contribution in [0.4, 0.5) is 0 Å². The summed E-state index contributed by atoms with van der Waals surface area (Å²) in [6.07, 6.45) is 0. The Morgan fingerprint density at radius 2 is 0.571 bits per heavy atom. The summed E-state index contributed by atoms with van der Waals surface area (Å²) in [4.78, 5) is 24.8. The summed E-state index contributed by atoms with van der Waals surface area (Å²) in [7, 11) is 0. The van der Waals surface area contributed by atoms with Gasteiger partial charge in [-0.2, -0.15) is 0 Å². The average Bonchev–Trinajstić information content (AvgIpc) is 1.54. The minimum absolute atomic E-state index is 0. The van der Waals surface area contributed by atoms with Crippen molar-refractivity contribution in [2.75, 3.05) is 0 Å². The SMILES string of the molecule is O=[N+]([O-])[O-].O=[N+]([O-])[O-].O=[N+]([O-])[O-].[Ag+].[Ca+2]. The third kappa shape index (κ3) is 8150. The first-order chi connectivity index (χ1) is 5.20. The van der Waals surface area contributed by atoms with Crippen LogP contribution in [-0.4, -0.2) is 53.0 Å². The first-order valence-electron chi connectivity index (χ1n) is 1.64. The van der Waals surface area contributed by atoms with Crippen molar-refractivity contribution in [1.82, 2.24) is 0 Å². The molecule has 0 aliphatic rings. The fourth-order valence-electron chi connectivity index (χ4n) is 0. The van der Waals surface area contributed by atoms with Crippen molar-refractivity contribution >= 4 is 37.7 Å². The Kier molecular flexibility index (Phi) is 47.8. The molecule has 0 amide bonds. The van der Waals surface area contributed by atoms with Crippen LogP contribution in [0.15, 0.2) is 0 Å². The molecule has 12 nitrogen and oxygen atoms in total. The van der Waals surface area contributed by atoms with Gasteiger partial charge in [-0.25, -0.2) is 0 Å². The molecular weight excluding hydrogens is 334 g/mol. The van der Waals surface area contributed by atoms with Gasteiger partial charge < -0.3 is 46.0 Å². The first kappa shape index (κ1) is 29.2. The number of rotatable bonds is 0. The molecule has 0 aromatic rings. The topological polar surface area (TPSA) is 199 Å². The summed E-state index contributed by atoms with van der Waals surface area (Å²) in [6, 6.07) is 0. The fraction of sp³-hybridized carbons (Fsp3) is 0. The van der Waals surface area contributed by atoms with Gasteiger partial charge in [0.05, 0.1) is 15.3 Å². The molecule has 0 fully saturated rings. The maximum absolute atomic E-state index is 8.25. The molecule has 0 rings (SSSR count). The van der Waals surface area contributed by atoms with Crippen LogP contribution in [0.5, 0.6) is 0 Å². The van der Waals surface area contributed by atoms with Gasteiger partial charge in [-0.3, -0.25) is 0 Å². The molecular formula is AgCaN3O9. The van der Waals surface area contributed by atoms with Gasteiger partial charge in [0.25, 0.3) is 0 Å². The minimum atomic E-state index is -1.75. The third-order valence-electron chi connectivity index (χ3n) is 0. The van der Waals surface area contributed by atoms with Crippen molar-refractivity contribution in [2.45, 2.75) is 0 Å². The molecule has 14 heavy (non-hydrogen) atoms. The number of hydrogen-bond acceptors (Lipinski definition) is 9. The summed E-state index contributed by atoms with van der Waals surface area (Å²) >= 11 is 0. The summed E-state index contributed by atoms with van der Waals surface area (Å²) in [5.41, 5.74) is 0. The zero-order chi connectivity index (χ0) is 10.7. The molecule has 0 unspecified atom stereocenters. The maximum Gasteiger partial charge on any atom is 2.00 e. The van der Waals surface area contributed by atoms with E-state index in [1.54, 1.807) is 0 Å². The van der Waals surface area contributed by atoms with Gasteiger partial charge in [0.15, 0.2) is 0 Å². The molecule has 0 bridgehead atoms. The summed E-state index contributed by atoms with van der Waals surface area (Å²) in [5.74, 6) is 0. The molecule has 0 saturated carbocycles. The Balaban J connectivity index is -0.0000000270. The molecule has 0 radical (unpaired) electrons. The fourth-order valence-corrected chi connectivity index (χ4v) is 0. The summed E-state index contributed by atoms with van der Waals surface area (Å²) in [5, 5.41) is 44.2. The molecule has 0 aromatic carbocycles. The Hall–Kier alpha value is -0.400. The van der Waals surface area contributed by atoms with Crippen molar-refractivity contribution in [2.24, 2.45) is 0 Å². The predicted molar refractivity (Wildman–Crippen MR) is 36.8 cm³/mol. The molecule has 0 aromatic heterocycles. The Morgan fingerprint density at radius 1 is 0.571 bits per heavy atom. The summed E-state index contributed by atoms with van der Waals surface area (Å²) in [6.45, 7) is 0. The van der Waals surface area contributed by atoms with Crippen LogP contribution < -0.4 is 0 Å². The van der Waals surface area contributed by atoms with Gasteiger partial charge >= 0.3 is 60.1 Å². The standard InChI is InChI=1S/Ag.Ca.3NO3/c;;3*2-1(3)4/q+1;+2;3*-1. The smallest absolute Gasteiger partial charge is 0.356 e. The predicted octanol–water partition coefficient (Wildman–Crippen LogP) is -1.10. The molecule has 14 heteroatoms. The molecule has 82 valence electrons.